The van der Waals surface area contributed by atoms with Crippen molar-refractivity contribution in [2.75, 3.05) is 0 Å². The number of furan rings is 1. The summed E-state index contributed by atoms with van der Waals surface area (Å²) in [6.07, 6.45) is 2.71. The molecule has 0 bridgehead atoms. The molecular formula is C21H26N4O2. The first-order chi connectivity index (χ1) is 13.1. The molecule has 0 saturated heterocycles. The second kappa shape index (κ2) is 8.68. The quantitative estimate of drug-likeness (QED) is 0.566. The molecule has 1 atom stereocenters. The van der Waals surface area contributed by atoms with Crippen LogP contribution in [0.25, 0.3) is 11.5 Å². The smallest absolute Gasteiger partial charge is 0.251 e. The van der Waals surface area contributed by atoms with Crippen LogP contribution in [0.5, 0.6) is 0 Å². The Morgan fingerprint density at radius 1 is 1.26 bits per heavy atom. The van der Waals surface area contributed by atoms with Crippen LogP contribution in [0.2, 0.25) is 0 Å². The van der Waals surface area contributed by atoms with E-state index in [4.69, 9.17) is 4.42 Å². The highest BCUT2D eigenvalue weighted by molar-refractivity contribution is 5.94. The summed E-state index contributed by atoms with van der Waals surface area (Å²) in [6.45, 7) is 7.29. The lowest BCUT2D eigenvalue weighted by molar-refractivity contribution is 0.0939. The Morgan fingerprint density at radius 2 is 2.11 bits per heavy atom. The van der Waals surface area contributed by atoms with Gasteiger partial charge in [0, 0.05) is 30.3 Å². The van der Waals surface area contributed by atoms with E-state index >= 15 is 0 Å². The third kappa shape index (κ3) is 4.86. The highest BCUT2D eigenvalue weighted by Gasteiger charge is 2.12. The van der Waals surface area contributed by atoms with Gasteiger partial charge in [-0.3, -0.25) is 9.89 Å². The van der Waals surface area contributed by atoms with Crippen LogP contribution in [-0.2, 0) is 13.1 Å². The summed E-state index contributed by atoms with van der Waals surface area (Å²) in [6, 6.07) is 11.7. The average molecular weight is 366 g/mol. The van der Waals surface area contributed by atoms with Gasteiger partial charge >= 0.3 is 0 Å². The molecule has 3 rings (SSSR count). The van der Waals surface area contributed by atoms with Crippen LogP contribution in [0.3, 0.4) is 0 Å². The lowest BCUT2D eigenvalue weighted by atomic mass is 10.1. The largest absolute Gasteiger partial charge is 0.460 e. The van der Waals surface area contributed by atoms with Crippen molar-refractivity contribution in [2.24, 2.45) is 0 Å². The van der Waals surface area contributed by atoms with Gasteiger partial charge in [-0.05, 0) is 50.1 Å². The Balaban J connectivity index is 1.59. The second-order valence-corrected chi connectivity index (χ2v) is 6.77. The van der Waals surface area contributed by atoms with Crippen molar-refractivity contribution in [3.05, 3.63) is 65.0 Å². The number of nitrogens with one attached hydrogen (secondary N) is 3. The first-order valence-electron chi connectivity index (χ1n) is 9.26. The molecular weight excluding hydrogens is 340 g/mol. The fraction of sp³-hybridized carbons (Fsp3) is 0.333. The van der Waals surface area contributed by atoms with Crippen LogP contribution >= 0.6 is 0 Å². The topological polar surface area (TPSA) is 83.0 Å². The van der Waals surface area contributed by atoms with Gasteiger partial charge in [0.05, 0.1) is 6.20 Å². The molecule has 0 aliphatic rings. The van der Waals surface area contributed by atoms with Crippen molar-refractivity contribution in [1.29, 1.82) is 0 Å². The zero-order valence-electron chi connectivity index (χ0n) is 16.0. The summed E-state index contributed by atoms with van der Waals surface area (Å²) in [7, 11) is 0. The highest BCUT2D eigenvalue weighted by Crippen LogP contribution is 2.23. The summed E-state index contributed by atoms with van der Waals surface area (Å²) in [5.74, 6) is 1.62. The van der Waals surface area contributed by atoms with Crippen molar-refractivity contribution in [3.8, 4) is 11.5 Å². The van der Waals surface area contributed by atoms with Gasteiger partial charge in [0.15, 0.2) is 5.76 Å². The molecule has 0 radical (unpaired) electrons. The average Bonchev–Trinajstić information content (AvgIpc) is 3.30. The van der Waals surface area contributed by atoms with Gasteiger partial charge in [-0.2, -0.15) is 5.10 Å². The normalized spacial score (nSPS) is 12.1. The minimum atomic E-state index is -0.0310. The van der Waals surface area contributed by atoms with Gasteiger partial charge in [0.1, 0.15) is 11.5 Å². The van der Waals surface area contributed by atoms with E-state index < -0.39 is 0 Å². The Bertz CT molecular complexity index is 897. The number of aromatic nitrogens is 2. The molecule has 0 spiro atoms. The minimum Gasteiger partial charge on any atom is -0.460 e. The van der Waals surface area contributed by atoms with E-state index in [1.807, 2.05) is 50.2 Å². The van der Waals surface area contributed by atoms with Gasteiger partial charge in [-0.15, -0.1) is 0 Å². The molecule has 1 unspecified atom stereocenters. The minimum absolute atomic E-state index is 0.0310. The zero-order valence-corrected chi connectivity index (χ0v) is 16.0. The Labute approximate surface area is 159 Å². The molecule has 142 valence electrons. The molecule has 6 nitrogen and oxygen atoms in total. The molecule has 27 heavy (non-hydrogen) atoms. The monoisotopic (exact) mass is 366 g/mol. The molecule has 0 aliphatic carbocycles. The maximum atomic E-state index is 12.3. The van der Waals surface area contributed by atoms with Crippen LogP contribution in [0.1, 0.15) is 47.5 Å². The number of benzene rings is 1. The maximum absolute atomic E-state index is 12.3. The van der Waals surface area contributed by atoms with Crippen LogP contribution in [0.4, 0.5) is 0 Å². The lowest BCUT2D eigenvalue weighted by Gasteiger charge is -2.12. The predicted molar refractivity (Wildman–Crippen MR) is 105 cm³/mol. The Morgan fingerprint density at radius 3 is 2.85 bits per heavy atom. The summed E-state index contributed by atoms with van der Waals surface area (Å²) in [5.41, 5.74) is 3.67. The maximum Gasteiger partial charge on any atom is 0.251 e. The zero-order chi connectivity index (χ0) is 19.2. The number of carbonyl (C=O) groups excluding carboxylic acids is 1. The van der Waals surface area contributed by atoms with Gasteiger partial charge in [-0.1, -0.05) is 19.1 Å². The van der Waals surface area contributed by atoms with Crippen molar-refractivity contribution >= 4 is 5.91 Å². The number of carbonyl (C=O) groups is 1. The number of amides is 1. The Hall–Kier alpha value is -2.86. The van der Waals surface area contributed by atoms with E-state index in [-0.39, 0.29) is 11.9 Å². The van der Waals surface area contributed by atoms with Crippen molar-refractivity contribution in [3.63, 3.8) is 0 Å². The molecule has 6 heteroatoms. The van der Waals surface area contributed by atoms with Crippen LogP contribution in [0.15, 0.2) is 47.0 Å². The van der Waals surface area contributed by atoms with E-state index in [9.17, 15) is 4.79 Å². The van der Waals surface area contributed by atoms with Gasteiger partial charge in [0.2, 0.25) is 0 Å². The molecule has 2 heterocycles. The van der Waals surface area contributed by atoms with Gasteiger partial charge < -0.3 is 15.1 Å². The first-order valence-corrected chi connectivity index (χ1v) is 9.26. The van der Waals surface area contributed by atoms with Crippen LogP contribution < -0.4 is 10.6 Å². The molecule has 3 aromatic rings. The third-order valence-electron chi connectivity index (χ3n) is 4.53. The number of hydrogen-bond donors (Lipinski definition) is 3. The van der Waals surface area contributed by atoms with Crippen molar-refractivity contribution < 1.29 is 9.21 Å². The first kappa shape index (κ1) is 18.9. The summed E-state index contributed by atoms with van der Waals surface area (Å²) in [4.78, 5) is 12.3. The van der Waals surface area contributed by atoms with E-state index in [0.717, 1.165) is 34.8 Å². The van der Waals surface area contributed by atoms with E-state index in [1.165, 1.54) is 0 Å². The highest BCUT2D eigenvalue weighted by atomic mass is 16.3. The lowest BCUT2D eigenvalue weighted by Crippen LogP contribution is -2.32. The molecule has 3 N–H and O–H groups in total. The fourth-order valence-electron chi connectivity index (χ4n) is 2.80. The SMILES string of the molecule is CCC(C)NC(=O)c1cccc(CNCc2cn[nH]c2-c2ccc(C)o2)c1. The summed E-state index contributed by atoms with van der Waals surface area (Å²) < 4.78 is 5.67. The number of aromatic amines is 1. The number of nitrogens with zero attached hydrogens (tertiary/aromatic N) is 1. The van der Waals surface area contributed by atoms with Gasteiger partial charge in [0.25, 0.3) is 5.91 Å². The molecule has 1 aromatic carbocycles. The van der Waals surface area contributed by atoms with Crippen LogP contribution in [-0.4, -0.2) is 22.1 Å². The standard InChI is InChI=1S/C21H26N4O2/c1-4-14(2)24-21(26)17-7-5-6-16(10-17)11-22-12-18-13-23-25-20(18)19-9-8-15(3)27-19/h5-10,13-14,22H,4,11-12H2,1-3H3,(H,23,25)(H,24,26). The van der Waals surface area contributed by atoms with Crippen molar-refractivity contribution in [1.82, 2.24) is 20.8 Å². The summed E-state index contributed by atoms with van der Waals surface area (Å²) in [5, 5.41) is 13.5. The second-order valence-electron chi connectivity index (χ2n) is 6.77. The van der Waals surface area contributed by atoms with E-state index in [2.05, 4.69) is 27.8 Å². The predicted octanol–water partition coefficient (Wildman–Crippen LogP) is 3.80. The third-order valence-corrected chi connectivity index (χ3v) is 4.53. The molecule has 2 aromatic heterocycles. The summed E-state index contributed by atoms with van der Waals surface area (Å²) >= 11 is 0. The van der Waals surface area contributed by atoms with Crippen LogP contribution in [0, 0.1) is 6.92 Å². The van der Waals surface area contributed by atoms with E-state index in [1.54, 1.807) is 6.20 Å². The molecule has 0 saturated carbocycles. The molecule has 0 aliphatic heterocycles. The molecule has 1 amide bonds. The number of H-pyrrole nitrogens is 1. The number of aryl methyl sites for hydroxylation is 1. The van der Waals surface area contributed by atoms with Crippen molar-refractivity contribution in [2.45, 2.75) is 46.3 Å². The number of hydrogen-bond acceptors (Lipinski definition) is 4. The number of rotatable bonds is 8. The van der Waals surface area contributed by atoms with Gasteiger partial charge in [-0.25, -0.2) is 0 Å². The fourth-order valence-corrected chi connectivity index (χ4v) is 2.80. The molecule has 0 fully saturated rings. The van der Waals surface area contributed by atoms with E-state index in [0.29, 0.717) is 18.7 Å². The Kier molecular flexibility index (Phi) is 6.08.